The second kappa shape index (κ2) is 7.41. The van der Waals surface area contributed by atoms with Gasteiger partial charge in [0, 0.05) is 24.1 Å². The number of nitro benzene ring substituents is 1. The fourth-order valence-corrected chi connectivity index (χ4v) is 4.38. The van der Waals surface area contributed by atoms with Gasteiger partial charge in [-0.1, -0.05) is 25.5 Å². The van der Waals surface area contributed by atoms with Crippen LogP contribution >= 0.6 is 0 Å². The van der Waals surface area contributed by atoms with Crippen molar-refractivity contribution >= 4 is 5.69 Å². The molecule has 0 spiro atoms. The van der Waals surface area contributed by atoms with Gasteiger partial charge in [0.1, 0.15) is 32.7 Å². The van der Waals surface area contributed by atoms with E-state index in [1.807, 2.05) is 6.07 Å². The molecule has 3 rings (SSSR count). The van der Waals surface area contributed by atoms with E-state index in [9.17, 15) is 10.1 Å². The predicted molar refractivity (Wildman–Crippen MR) is 89.6 cm³/mol. The van der Waals surface area contributed by atoms with Gasteiger partial charge in [-0.05, 0) is 18.8 Å². The van der Waals surface area contributed by atoms with Crippen LogP contribution in [-0.2, 0) is 6.54 Å². The average molecular weight is 319 g/mol. The molecule has 1 heterocycles. The summed E-state index contributed by atoms with van der Waals surface area (Å²) in [4.78, 5) is 14.0. The number of quaternary nitrogens is 2. The van der Waals surface area contributed by atoms with Crippen LogP contribution in [0.1, 0.15) is 38.2 Å². The molecule has 2 fully saturated rings. The third-order valence-corrected chi connectivity index (χ3v) is 5.69. The lowest BCUT2D eigenvalue weighted by molar-refractivity contribution is -1.03. The first-order valence-corrected chi connectivity index (χ1v) is 9.03. The topological polar surface area (TPSA) is 52.0 Å². The lowest BCUT2D eigenvalue weighted by Gasteiger charge is -2.37. The molecule has 2 aliphatic rings. The summed E-state index contributed by atoms with van der Waals surface area (Å²) in [5, 5.41) is 10.9. The zero-order chi connectivity index (χ0) is 16.2. The molecule has 1 saturated carbocycles. The molecule has 1 saturated heterocycles. The summed E-state index contributed by atoms with van der Waals surface area (Å²) < 4.78 is 0. The summed E-state index contributed by atoms with van der Waals surface area (Å²) in [5.41, 5.74) is 1.30. The smallest absolute Gasteiger partial charge is 0.269 e. The van der Waals surface area contributed by atoms with Gasteiger partial charge in [-0.15, -0.1) is 0 Å². The van der Waals surface area contributed by atoms with Crippen LogP contribution in [0.3, 0.4) is 0 Å². The molecular formula is C18H29N3O2+2. The summed E-state index contributed by atoms with van der Waals surface area (Å²) in [5.74, 6) is 0.900. The molecule has 1 aromatic rings. The maximum atomic E-state index is 10.9. The Bertz CT molecular complexity index is 541. The number of nitrogens with zero attached hydrogens (tertiary/aromatic N) is 1. The number of non-ortho nitro benzene ring substituents is 1. The monoisotopic (exact) mass is 319 g/mol. The zero-order valence-electron chi connectivity index (χ0n) is 14.1. The quantitative estimate of drug-likeness (QED) is 0.626. The van der Waals surface area contributed by atoms with Crippen molar-refractivity contribution in [3.63, 3.8) is 0 Å². The molecule has 5 nitrogen and oxygen atoms in total. The van der Waals surface area contributed by atoms with Gasteiger partial charge in [-0.2, -0.15) is 0 Å². The number of hydrogen-bond acceptors (Lipinski definition) is 2. The lowest BCUT2D eigenvalue weighted by Crippen LogP contribution is -3.29. The molecule has 2 unspecified atom stereocenters. The summed E-state index contributed by atoms with van der Waals surface area (Å²) in [6.07, 6.45) is 5.61. The molecule has 0 aromatic heterocycles. The molecule has 2 N–H and O–H groups in total. The van der Waals surface area contributed by atoms with Crippen LogP contribution in [0, 0.1) is 16.0 Å². The minimum atomic E-state index is -0.300. The van der Waals surface area contributed by atoms with E-state index in [0.29, 0.717) is 0 Å². The minimum absolute atomic E-state index is 0.211. The molecule has 5 heteroatoms. The van der Waals surface area contributed by atoms with Gasteiger partial charge in [0.05, 0.1) is 11.0 Å². The predicted octanol–water partition coefficient (Wildman–Crippen LogP) is 0.457. The number of piperazine rings is 1. The van der Waals surface area contributed by atoms with Gasteiger partial charge in [-0.25, -0.2) is 0 Å². The van der Waals surface area contributed by atoms with E-state index in [4.69, 9.17) is 0 Å². The van der Waals surface area contributed by atoms with Crippen LogP contribution in [-0.4, -0.2) is 37.1 Å². The second-order valence-electron chi connectivity index (χ2n) is 7.48. The lowest BCUT2D eigenvalue weighted by atomic mass is 9.86. The highest BCUT2D eigenvalue weighted by Gasteiger charge is 2.32. The highest BCUT2D eigenvalue weighted by Crippen LogP contribution is 2.21. The molecule has 126 valence electrons. The van der Waals surface area contributed by atoms with E-state index in [1.54, 1.807) is 28.0 Å². The van der Waals surface area contributed by atoms with Crippen LogP contribution in [0.15, 0.2) is 24.3 Å². The Hall–Kier alpha value is -1.46. The fourth-order valence-electron chi connectivity index (χ4n) is 4.38. The maximum Gasteiger partial charge on any atom is 0.269 e. The van der Waals surface area contributed by atoms with E-state index in [0.717, 1.165) is 24.1 Å². The van der Waals surface area contributed by atoms with Crippen molar-refractivity contribution < 1.29 is 14.7 Å². The largest absolute Gasteiger partial charge is 0.323 e. The van der Waals surface area contributed by atoms with Gasteiger partial charge in [-0.3, -0.25) is 10.1 Å². The van der Waals surface area contributed by atoms with Crippen molar-refractivity contribution in [1.29, 1.82) is 0 Å². The molecule has 0 radical (unpaired) electrons. The Balaban J connectivity index is 1.51. The van der Waals surface area contributed by atoms with E-state index >= 15 is 0 Å². The van der Waals surface area contributed by atoms with Gasteiger partial charge >= 0.3 is 0 Å². The first-order valence-electron chi connectivity index (χ1n) is 9.03. The van der Waals surface area contributed by atoms with Crippen molar-refractivity contribution in [3.05, 3.63) is 39.9 Å². The van der Waals surface area contributed by atoms with Crippen LogP contribution in [0.25, 0.3) is 0 Å². The summed E-state index contributed by atoms with van der Waals surface area (Å²) >= 11 is 0. The molecule has 1 aliphatic heterocycles. The van der Waals surface area contributed by atoms with Gasteiger partial charge in [0.2, 0.25) is 0 Å². The van der Waals surface area contributed by atoms with Crippen LogP contribution in [0.4, 0.5) is 5.69 Å². The highest BCUT2D eigenvalue weighted by molar-refractivity contribution is 5.33. The normalized spacial score (nSPS) is 31.7. The zero-order valence-corrected chi connectivity index (χ0v) is 14.1. The Morgan fingerprint density at radius 3 is 2.70 bits per heavy atom. The molecule has 23 heavy (non-hydrogen) atoms. The Morgan fingerprint density at radius 2 is 2.00 bits per heavy atom. The molecule has 0 bridgehead atoms. The average Bonchev–Trinajstić information content (AvgIpc) is 2.56. The first kappa shape index (κ1) is 16.4. The maximum absolute atomic E-state index is 10.9. The fraction of sp³-hybridized carbons (Fsp3) is 0.667. The van der Waals surface area contributed by atoms with Crippen LogP contribution in [0.2, 0.25) is 0 Å². The van der Waals surface area contributed by atoms with Gasteiger partial charge in [0.15, 0.2) is 0 Å². The van der Waals surface area contributed by atoms with Gasteiger partial charge in [0.25, 0.3) is 5.69 Å². The minimum Gasteiger partial charge on any atom is -0.323 e. The Morgan fingerprint density at radius 1 is 1.22 bits per heavy atom. The van der Waals surface area contributed by atoms with Crippen molar-refractivity contribution in [1.82, 2.24) is 0 Å². The van der Waals surface area contributed by atoms with Crippen molar-refractivity contribution in [2.75, 3.05) is 26.2 Å². The number of benzene rings is 1. The number of nitrogens with one attached hydrogen (secondary N) is 2. The summed E-state index contributed by atoms with van der Waals surface area (Å²) in [7, 11) is 0. The van der Waals surface area contributed by atoms with Crippen molar-refractivity contribution in [2.24, 2.45) is 5.92 Å². The van der Waals surface area contributed by atoms with Crippen LogP contribution in [0.5, 0.6) is 0 Å². The van der Waals surface area contributed by atoms with E-state index < -0.39 is 0 Å². The Kier molecular flexibility index (Phi) is 5.28. The number of rotatable bonds is 4. The highest BCUT2D eigenvalue weighted by atomic mass is 16.6. The standard InChI is InChI=1S/C18H27N3O2/c1-15-4-2-6-17(12-15)20-10-8-19(9-11-20)14-16-5-3-7-18(13-16)21(22)23/h3,5,7,13,15,17H,2,4,6,8-12,14H2,1H3/p+2. The number of hydrogen-bond donors (Lipinski definition) is 2. The SMILES string of the molecule is CC1CCCC([NH+]2CC[NH+](Cc3cccc([N+](=O)[O-])c3)CC2)C1. The van der Waals surface area contributed by atoms with E-state index in [1.165, 1.54) is 51.9 Å². The van der Waals surface area contributed by atoms with Crippen LogP contribution < -0.4 is 9.80 Å². The molecule has 1 aromatic carbocycles. The van der Waals surface area contributed by atoms with Crippen molar-refractivity contribution in [3.8, 4) is 0 Å². The summed E-state index contributed by atoms with van der Waals surface area (Å²) in [6.45, 7) is 8.18. The summed E-state index contributed by atoms with van der Waals surface area (Å²) in [6, 6.07) is 8.00. The molecule has 0 amide bonds. The van der Waals surface area contributed by atoms with E-state index in [-0.39, 0.29) is 10.6 Å². The third kappa shape index (κ3) is 4.30. The van der Waals surface area contributed by atoms with E-state index in [2.05, 4.69) is 6.92 Å². The molecule has 1 aliphatic carbocycles. The first-order chi connectivity index (χ1) is 11.1. The molecular weight excluding hydrogens is 290 g/mol. The second-order valence-corrected chi connectivity index (χ2v) is 7.48. The molecule has 2 atom stereocenters. The van der Waals surface area contributed by atoms with Gasteiger partial charge < -0.3 is 9.80 Å². The van der Waals surface area contributed by atoms with Crippen molar-refractivity contribution in [2.45, 2.75) is 45.2 Å². The number of nitro groups is 1. The third-order valence-electron chi connectivity index (χ3n) is 5.69. The Labute approximate surface area is 138 Å².